The number of nitrogens with one attached hydrogen (secondary N) is 3. The van der Waals surface area contributed by atoms with Crippen LogP contribution in [0.3, 0.4) is 0 Å². The van der Waals surface area contributed by atoms with Gasteiger partial charge in [-0.1, -0.05) is 64.7 Å². The zero-order valence-corrected chi connectivity index (χ0v) is 17.4. The highest BCUT2D eigenvalue weighted by atomic mass is 16.2. The number of hydrogen-bond donors (Lipinski definition) is 5. The van der Waals surface area contributed by atoms with Crippen molar-refractivity contribution in [3.8, 4) is 0 Å². The molecule has 0 aromatic carbocycles. The molecule has 0 bridgehead atoms. The third-order valence-electron chi connectivity index (χ3n) is 4.61. The van der Waals surface area contributed by atoms with Crippen LogP contribution >= 0.6 is 0 Å². The van der Waals surface area contributed by atoms with Gasteiger partial charge in [0.15, 0.2) is 0 Å². The Balaban J connectivity index is 3.22. The summed E-state index contributed by atoms with van der Waals surface area (Å²) < 4.78 is 0. The molecule has 0 aliphatic heterocycles. The second-order valence-corrected chi connectivity index (χ2v) is 7.31. The minimum Gasteiger partial charge on any atom is -0.370 e. The molecule has 27 heavy (non-hydrogen) atoms. The lowest BCUT2D eigenvalue weighted by Gasteiger charge is -2.12. The maximum Gasteiger partial charge on any atom is 0.250 e. The smallest absolute Gasteiger partial charge is 0.250 e. The standard InChI is InChI=1S/C20H43N5O2/c1-2-3-4-5-6-7-8-9-10-11-15-23-16-12-17-24-25-20(27)18(21)13-14-19(22)26/h18,23-24H,2-17,21H2,1H3,(H2,22,26)(H,25,27)/t18-/m0/s1. The molecule has 0 saturated heterocycles. The molecule has 7 nitrogen and oxygen atoms in total. The number of carbonyl (C=O) groups excluding carboxylic acids is 2. The molecule has 7 N–H and O–H groups in total. The Kier molecular flexibility index (Phi) is 18.7. The number of nitrogens with two attached hydrogens (primary N) is 2. The highest BCUT2D eigenvalue weighted by Crippen LogP contribution is 2.10. The van der Waals surface area contributed by atoms with Gasteiger partial charge in [-0.05, 0) is 32.4 Å². The number of primary amides is 1. The molecule has 2 amide bonds. The average Bonchev–Trinajstić information content (AvgIpc) is 2.65. The molecule has 160 valence electrons. The lowest BCUT2D eigenvalue weighted by atomic mass is 10.1. The Morgan fingerprint density at radius 2 is 1.37 bits per heavy atom. The fraction of sp³-hybridized carbons (Fsp3) is 0.900. The van der Waals surface area contributed by atoms with Crippen LogP contribution in [0.5, 0.6) is 0 Å². The van der Waals surface area contributed by atoms with E-state index in [0.717, 1.165) is 19.5 Å². The summed E-state index contributed by atoms with van der Waals surface area (Å²) in [6, 6.07) is -0.709. The molecule has 0 aromatic rings. The van der Waals surface area contributed by atoms with E-state index in [0.29, 0.717) is 6.54 Å². The predicted molar refractivity (Wildman–Crippen MR) is 112 cm³/mol. The van der Waals surface area contributed by atoms with Gasteiger partial charge in [-0.2, -0.15) is 0 Å². The Morgan fingerprint density at radius 1 is 0.815 bits per heavy atom. The summed E-state index contributed by atoms with van der Waals surface area (Å²) in [5.41, 5.74) is 16.1. The fourth-order valence-electron chi connectivity index (χ4n) is 2.84. The summed E-state index contributed by atoms with van der Waals surface area (Å²) in [5, 5.41) is 3.43. The van der Waals surface area contributed by atoms with E-state index in [1.54, 1.807) is 0 Å². The highest BCUT2D eigenvalue weighted by molar-refractivity contribution is 5.82. The minimum absolute atomic E-state index is 0.122. The zero-order valence-electron chi connectivity index (χ0n) is 17.4. The Hall–Kier alpha value is -1.18. The molecule has 0 heterocycles. The van der Waals surface area contributed by atoms with E-state index >= 15 is 0 Å². The van der Waals surface area contributed by atoms with Gasteiger partial charge in [-0.15, -0.1) is 0 Å². The van der Waals surface area contributed by atoms with E-state index in [1.807, 2.05) is 0 Å². The van der Waals surface area contributed by atoms with Gasteiger partial charge < -0.3 is 16.8 Å². The number of unbranched alkanes of at least 4 members (excludes halogenated alkanes) is 9. The van der Waals surface area contributed by atoms with Gasteiger partial charge in [0.05, 0.1) is 6.04 Å². The van der Waals surface area contributed by atoms with E-state index in [1.165, 1.54) is 64.2 Å². The van der Waals surface area contributed by atoms with Crippen molar-refractivity contribution in [1.29, 1.82) is 0 Å². The van der Waals surface area contributed by atoms with Crippen molar-refractivity contribution >= 4 is 11.8 Å². The molecule has 0 saturated carbocycles. The third-order valence-corrected chi connectivity index (χ3v) is 4.61. The largest absolute Gasteiger partial charge is 0.370 e. The van der Waals surface area contributed by atoms with E-state index in [4.69, 9.17) is 11.5 Å². The second kappa shape index (κ2) is 19.6. The Morgan fingerprint density at radius 3 is 1.96 bits per heavy atom. The van der Waals surface area contributed by atoms with Crippen molar-refractivity contribution in [1.82, 2.24) is 16.2 Å². The van der Waals surface area contributed by atoms with Crippen molar-refractivity contribution in [2.24, 2.45) is 11.5 Å². The van der Waals surface area contributed by atoms with E-state index in [-0.39, 0.29) is 18.7 Å². The molecule has 0 aliphatic carbocycles. The van der Waals surface area contributed by atoms with Crippen molar-refractivity contribution < 1.29 is 9.59 Å². The summed E-state index contributed by atoms with van der Waals surface area (Å²) in [6.45, 7) is 4.92. The maximum atomic E-state index is 11.6. The minimum atomic E-state index is -0.709. The zero-order chi connectivity index (χ0) is 20.2. The van der Waals surface area contributed by atoms with Crippen LogP contribution in [0, 0.1) is 0 Å². The number of carbonyl (C=O) groups is 2. The van der Waals surface area contributed by atoms with Gasteiger partial charge in [-0.25, -0.2) is 5.43 Å². The van der Waals surface area contributed by atoms with Crippen molar-refractivity contribution in [3.63, 3.8) is 0 Å². The highest BCUT2D eigenvalue weighted by Gasteiger charge is 2.13. The molecule has 0 spiro atoms. The summed E-state index contributed by atoms with van der Waals surface area (Å²) in [7, 11) is 0. The lowest BCUT2D eigenvalue weighted by molar-refractivity contribution is -0.123. The molecule has 0 unspecified atom stereocenters. The van der Waals surface area contributed by atoms with Crippen molar-refractivity contribution in [2.45, 2.75) is 96.4 Å². The van der Waals surface area contributed by atoms with Crippen LogP contribution in [0.1, 0.15) is 90.4 Å². The van der Waals surface area contributed by atoms with E-state index in [2.05, 4.69) is 23.1 Å². The molecule has 0 rings (SSSR count). The average molecular weight is 386 g/mol. The van der Waals surface area contributed by atoms with Gasteiger partial charge in [0.1, 0.15) is 0 Å². The number of amides is 2. The summed E-state index contributed by atoms with van der Waals surface area (Å²) in [4.78, 5) is 22.3. The molecule has 1 atom stereocenters. The van der Waals surface area contributed by atoms with Crippen molar-refractivity contribution in [3.05, 3.63) is 0 Å². The summed E-state index contributed by atoms with van der Waals surface area (Å²) in [6.07, 6.45) is 14.9. The summed E-state index contributed by atoms with van der Waals surface area (Å²) >= 11 is 0. The van der Waals surface area contributed by atoms with Crippen molar-refractivity contribution in [2.75, 3.05) is 19.6 Å². The first-order chi connectivity index (χ1) is 13.1. The second-order valence-electron chi connectivity index (χ2n) is 7.31. The Bertz CT molecular complexity index is 366. The van der Waals surface area contributed by atoms with Crippen LogP contribution < -0.4 is 27.6 Å². The molecule has 0 fully saturated rings. The first-order valence-corrected chi connectivity index (χ1v) is 10.8. The maximum absolute atomic E-state index is 11.6. The van der Waals surface area contributed by atoms with Crippen LogP contribution in [0.15, 0.2) is 0 Å². The van der Waals surface area contributed by atoms with Crippen LogP contribution in [0.4, 0.5) is 0 Å². The molecule has 0 aliphatic rings. The van der Waals surface area contributed by atoms with Gasteiger partial charge in [-0.3, -0.25) is 15.0 Å². The Labute approximate surface area is 165 Å². The van der Waals surface area contributed by atoms with Gasteiger partial charge in [0.25, 0.3) is 5.91 Å². The molecular weight excluding hydrogens is 342 g/mol. The molecule has 0 radical (unpaired) electrons. The first kappa shape index (κ1) is 25.8. The monoisotopic (exact) mass is 385 g/mol. The molecule has 0 aromatic heterocycles. The van der Waals surface area contributed by atoms with Gasteiger partial charge in [0, 0.05) is 13.0 Å². The van der Waals surface area contributed by atoms with Crippen LogP contribution in [0.25, 0.3) is 0 Å². The lowest BCUT2D eigenvalue weighted by Crippen LogP contribution is -2.47. The molecule has 7 heteroatoms. The number of rotatable bonds is 20. The number of hydrazine groups is 1. The third kappa shape index (κ3) is 19.4. The first-order valence-electron chi connectivity index (χ1n) is 10.8. The summed E-state index contributed by atoms with van der Waals surface area (Å²) in [5.74, 6) is -0.755. The van der Waals surface area contributed by atoms with Crippen LogP contribution in [-0.2, 0) is 9.59 Å². The fourth-order valence-corrected chi connectivity index (χ4v) is 2.84. The van der Waals surface area contributed by atoms with Crippen LogP contribution in [-0.4, -0.2) is 37.5 Å². The van der Waals surface area contributed by atoms with E-state index < -0.39 is 11.9 Å². The van der Waals surface area contributed by atoms with Gasteiger partial charge >= 0.3 is 0 Å². The molecular formula is C20H43N5O2. The topological polar surface area (TPSA) is 122 Å². The predicted octanol–water partition coefficient (Wildman–Crippen LogP) is 2.10. The SMILES string of the molecule is CCCCCCCCCCCCNCCCNNC(=O)[C@@H](N)CCC(N)=O. The quantitative estimate of drug-likeness (QED) is 0.162. The normalized spacial score (nSPS) is 12.1. The van der Waals surface area contributed by atoms with E-state index in [9.17, 15) is 9.59 Å². The number of hydrogen-bond acceptors (Lipinski definition) is 5. The van der Waals surface area contributed by atoms with Crippen LogP contribution in [0.2, 0.25) is 0 Å². The van der Waals surface area contributed by atoms with Gasteiger partial charge in [0.2, 0.25) is 5.91 Å².